The minimum absolute atomic E-state index is 0.484. The van der Waals surface area contributed by atoms with Crippen LogP contribution in [0.4, 0.5) is 5.82 Å². The van der Waals surface area contributed by atoms with Crippen molar-refractivity contribution in [1.82, 2.24) is 29.9 Å². The Balaban J connectivity index is 1.84. The van der Waals surface area contributed by atoms with Crippen LogP contribution in [-0.2, 0) is 5.75 Å². The molecule has 0 bridgehead atoms. The zero-order valence-corrected chi connectivity index (χ0v) is 11.0. The number of anilines is 1. The van der Waals surface area contributed by atoms with E-state index in [0.717, 1.165) is 16.2 Å². The second-order valence-electron chi connectivity index (χ2n) is 3.92. The Morgan fingerprint density at radius 3 is 3.00 bits per heavy atom. The van der Waals surface area contributed by atoms with Crippen LogP contribution in [0.1, 0.15) is 11.5 Å². The van der Waals surface area contributed by atoms with Gasteiger partial charge in [-0.25, -0.2) is 24.9 Å². The molecule has 0 saturated carbocycles. The van der Waals surface area contributed by atoms with Crippen LogP contribution in [-0.4, -0.2) is 29.9 Å². The van der Waals surface area contributed by atoms with Crippen LogP contribution < -0.4 is 5.73 Å². The van der Waals surface area contributed by atoms with Crippen molar-refractivity contribution in [1.29, 1.82) is 0 Å². The minimum Gasteiger partial charge on any atom is -0.384 e. The Labute approximate surface area is 113 Å². The number of rotatable bonds is 3. The van der Waals surface area contributed by atoms with Crippen LogP contribution in [0.25, 0.3) is 11.2 Å². The summed E-state index contributed by atoms with van der Waals surface area (Å²) in [6.07, 6.45) is 3.10. The van der Waals surface area contributed by atoms with Crippen molar-refractivity contribution in [2.45, 2.75) is 17.7 Å². The molecular formula is C11H11N7S. The highest BCUT2D eigenvalue weighted by Gasteiger charge is 2.08. The third-order valence-electron chi connectivity index (χ3n) is 2.45. The summed E-state index contributed by atoms with van der Waals surface area (Å²) in [6.45, 7) is 1.89. The van der Waals surface area contributed by atoms with E-state index in [1.165, 1.54) is 18.1 Å². The van der Waals surface area contributed by atoms with Crippen molar-refractivity contribution in [2.24, 2.45) is 0 Å². The third kappa shape index (κ3) is 2.48. The Morgan fingerprint density at radius 2 is 2.16 bits per heavy atom. The molecule has 0 saturated heterocycles. The van der Waals surface area contributed by atoms with Crippen molar-refractivity contribution in [3.63, 3.8) is 0 Å². The van der Waals surface area contributed by atoms with Crippen molar-refractivity contribution in [3.05, 3.63) is 30.2 Å². The summed E-state index contributed by atoms with van der Waals surface area (Å²) in [5.74, 6) is 1.77. The highest BCUT2D eigenvalue weighted by molar-refractivity contribution is 7.98. The molecule has 0 amide bonds. The Bertz CT molecular complexity index is 704. The van der Waals surface area contributed by atoms with Gasteiger partial charge in [0.15, 0.2) is 5.65 Å². The van der Waals surface area contributed by atoms with E-state index in [0.29, 0.717) is 23.0 Å². The number of nitrogens with one attached hydrogen (secondary N) is 1. The predicted octanol–water partition coefficient (Wildman–Crippen LogP) is 1.33. The molecule has 96 valence electrons. The van der Waals surface area contributed by atoms with E-state index in [4.69, 9.17) is 5.73 Å². The zero-order valence-electron chi connectivity index (χ0n) is 10.2. The van der Waals surface area contributed by atoms with E-state index in [-0.39, 0.29) is 0 Å². The van der Waals surface area contributed by atoms with Gasteiger partial charge in [-0.15, -0.1) is 0 Å². The molecular weight excluding hydrogens is 262 g/mol. The molecule has 3 N–H and O–H groups in total. The summed E-state index contributed by atoms with van der Waals surface area (Å²) in [6, 6.07) is 1.74. The monoisotopic (exact) mass is 273 g/mol. The maximum Gasteiger partial charge on any atom is 0.181 e. The third-order valence-corrected chi connectivity index (χ3v) is 3.43. The summed E-state index contributed by atoms with van der Waals surface area (Å²) in [5, 5.41) is 0.825. The summed E-state index contributed by atoms with van der Waals surface area (Å²) in [4.78, 5) is 23.9. The SMILES string of the molecule is Cc1cc(N)nc(CSc2ncnc3nc[nH]c23)n1. The van der Waals surface area contributed by atoms with Crippen LogP contribution in [0.2, 0.25) is 0 Å². The summed E-state index contributed by atoms with van der Waals surface area (Å²) in [7, 11) is 0. The first-order valence-electron chi connectivity index (χ1n) is 5.59. The Hall–Kier alpha value is -2.22. The zero-order chi connectivity index (χ0) is 13.2. The van der Waals surface area contributed by atoms with Gasteiger partial charge in [-0.3, -0.25) is 0 Å². The van der Waals surface area contributed by atoms with Crippen LogP contribution in [0, 0.1) is 6.92 Å². The maximum atomic E-state index is 5.70. The van der Waals surface area contributed by atoms with Crippen LogP contribution in [0.15, 0.2) is 23.7 Å². The highest BCUT2D eigenvalue weighted by Crippen LogP contribution is 2.24. The lowest BCUT2D eigenvalue weighted by atomic mass is 10.4. The second-order valence-corrected chi connectivity index (χ2v) is 4.88. The van der Waals surface area contributed by atoms with Gasteiger partial charge >= 0.3 is 0 Å². The molecule has 19 heavy (non-hydrogen) atoms. The number of fused-ring (bicyclic) bond motifs is 1. The number of hydrogen-bond donors (Lipinski definition) is 2. The molecule has 3 heterocycles. The number of aromatic amines is 1. The molecule has 0 fully saturated rings. The second kappa shape index (κ2) is 4.81. The van der Waals surface area contributed by atoms with Crippen molar-refractivity contribution < 1.29 is 0 Å². The van der Waals surface area contributed by atoms with Gasteiger partial charge in [0.2, 0.25) is 0 Å². The average Bonchev–Trinajstić information content (AvgIpc) is 2.83. The van der Waals surface area contributed by atoms with Gasteiger partial charge in [-0.2, -0.15) is 0 Å². The molecule has 0 spiro atoms. The molecule has 0 aliphatic rings. The van der Waals surface area contributed by atoms with Gasteiger partial charge in [-0.1, -0.05) is 11.8 Å². The van der Waals surface area contributed by atoms with Gasteiger partial charge < -0.3 is 10.7 Å². The number of nitrogens with zero attached hydrogens (tertiary/aromatic N) is 5. The quantitative estimate of drug-likeness (QED) is 0.547. The Kier molecular flexibility index (Phi) is 3.00. The molecule has 7 nitrogen and oxygen atoms in total. The van der Waals surface area contributed by atoms with Gasteiger partial charge in [0.05, 0.1) is 12.1 Å². The molecule has 3 rings (SSSR count). The molecule has 0 unspecified atom stereocenters. The molecule has 8 heteroatoms. The van der Waals surface area contributed by atoms with E-state index in [9.17, 15) is 0 Å². The fourth-order valence-electron chi connectivity index (χ4n) is 1.71. The average molecular weight is 273 g/mol. The maximum absolute atomic E-state index is 5.70. The number of aryl methyl sites for hydroxylation is 1. The fraction of sp³-hybridized carbons (Fsp3) is 0.182. The van der Waals surface area contributed by atoms with Gasteiger partial charge in [0, 0.05) is 11.8 Å². The van der Waals surface area contributed by atoms with E-state index >= 15 is 0 Å². The number of thioether (sulfide) groups is 1. The number of imidazole rings is 1. The van der Waals surface area contributed by atoms with Gasteiger partial charge in [-0.05, 0) is 6.92 Å². The molecule has 0 aliphatic carbocycles. The summed E-state index contributed by atoms with van der Waals surface area (Å²) < 4.78 is 0. The van der Waals surface area contributed by atoms with E-state index in [2.05, 4.69) is 29.9 Å². The van der Waals surface area contributed by atoms with E-state index in [1.807, 2.05) is 6.92 Å². The number of hydrogen-bond acceptors (Lipinski definition) is 7. The van der Waals surface area contributed by atoms with Gasteiger partial charge in [0.1, 0.15) is 28.5 Å². The Morgan fingerprint density at radius 1 is 1.26 bits per heavy atom. The normalized spacial score (nSPS) is 11.0. The molecule has 0 aliphatic heterocycles. The highest BCUT2D eigenvalue weighted by atomic mass is 32.2. The first-order chi connectivity index (χ1) is 9.22. The van der Waals surface area contributed by atoms with Gasteiger partial charge in [0.25, 0.3) is 0 Å². The van der Waals surface area contributed by atoms with Crippen molar-refractivity contribution in [2.75, 3.05) is 5.73 Å². The van der Waals surface area contributed by atoms with Crippen LogP contribution in [0.5, 0.6) is 0 Å². The number of nitrogen functional groups attached to an aromatic ring is 1. The topological polar surface area (TPSA) is 106 Å². The predicted molar refractivity (Wildman–Crippen MR) is 72.4 cm³/mol. The molecule has 0 aromatic carbocycles. The molecule has 0 radical (unpaired) electrons. The fourth-order valence-corrected chi connectivity index (χ4v) is 2.52. The van der Waals surface area contributed by atoms with Crippen molar-refractivity contribution >= 4 is 28.7 Å². The van der Waals surface area contributed by atoms with Crippen LogP contribution >= 0.6 is 11.8 Å². The number of nitrogens with two attached hydrogens (primary N) is 1. The number of aromatic nitrogens is 6. The largest absolute Gasteiger partial charge is 0.384 e. The van der Waals surface area contributed by atoms with E-state index in [1.54, 1.807) is 12.4 Å². The van der Waals surface area contributed by atoms with Crippen molar-refractivity contribution in [3.8, 4) is 0 Å². The lowest BCUT2D eigenvalue weighted by Gasteiger charge is -2.03. The van der Waals surface area contributed by atoms with E-state index < -0.39 is 0 Å². The summed E-state index contributed by atoms with van der Waals surface area (Å²) >= 11 is 1.52. The standard InChI is InChI=1S/C11H11N7S/c1-6-2-7(12)18-8(17-6)3-19-11-9-10(14-4-13-9)15-5-16-11/h2,4-5H,3H2,1H3,(H2,12,17,18)(H,13,14,15,16). The number of H-pyrrole nitrogens is 1. The molecule has 3 aromatic heterocycles. The first-order valence-corrected chi connectivity index (χ1v) is 6.58. The smallest absolute Gasteiger partial charge is 0.181 e. The summed E-state index contributed by atoms with van der Waals surface area (Å²) in [5.41, 5.74) is 8.04. The molecule has 3 aromatic rings. The molecule has 0 atom stereocenters. The lowest BCUT2D eigenvalue weighted by Crippen LogP contribution is -2.00. The first kappa shape index (κ1) is 11.8. The minimum atomic E-state index is 0.484. The lowest BCUT2D eigenvalue weighted by molar-refractivity contribution is 0.998. The van der Waals surface area contributed by atoms with Crippen LogP contribution in [0.3, 0.4) is 0 Å².